The van der Waals surface area contributed by atoms with E-state index in [0.717, 1.165) is 22.8 Å². The fourth-order valence-corrected chi connectivity index (χ4v) is 6.16. The van der Waals surface area contributed by atoms with E-state index < -0.39 is 0 Å². The van der Waals surface area contributed by atoms with Crippen LogP contribution in [0.1, 0.15) is 63.8 Å². The number of rotatable bonds is 9. The Morgan fingerprint density at radius 3 is 2.83 bits per heavy atom. The van der Waals surface area contributed by atoms with Gasteiger partial charge in [-0.15, -0.1) is 11.3 Å². The fraction of sp³-hybridized carbons (Fsp3) is 0.542. The summed E-state index contributed by atoms with van der Waals surface area (Å²) in [5.41, 5.74) is 4.31. The van der Waals surface area contributed by atoms with E-state index in [1.165, 1.54) is 16.0 Å². The van der Waals surface area contributed by atoms with E-state index in [1.54, 1.807) is 18.4 Å². The van der Waals surface area contributed by atoms with Gasteiger partial charge in [0.1, 0.15) is 0 Å². The number of aliphatic hydroxyl groups is 1. The maximum absolute atomic E-state index is 13.0. The highest BCUT2D eigenvalue weighted by Gasteiger charge is 2.63. The minimum atomic E-state index is 0.105. The summed E-state index contributed by atoms with van der Waals surface area (Å²) < 4.78 is 11.1. The molecule has 0 amide bonds. The predicted octanol–water partition coefficient (Wildman–Crippen LogP) is 4.94. The molecule has 0 radical (unpaired) electrons. The molecule has 1 fully saturated rings. The molecule has 1 aromatic heterocycles. The van der Waals surface area contributed by atoms with Crippen molar-refractivity contribution in [3.8, 4) is 11.5 Å². The van der Waals surface area contributed by atoms with E-state index in [9.17, 15) is 4.79 Å². The molecule has 2 atom stereocenters. The van der Waals surface area contributed by atoms with Gasteiger partial charge in [0, 0.05) is 24.3 Å². The summed E-state index contributed by atoms with van der Waals surface area (Å²) in [5, 5.41) is 8.89. The Morgan fingerprint density at radius 1 is 1.31 bits per heavy atom. The normalized spacial score (nSPS) is 20.9. The van der Waals surface area contributed by atoms with E-state index in [4.69, 9.17) is 14.6 Å². The first-order valence-electron chi connectivity index (χ1n) is 10.4. The van der Waals surface area contributed by atoms with Crippen LogP contribution >= 0.6 is 11.3 Å². The first-order valence-corrected chi connectivity index (χ1v) is 11.3. The number of benzene rings is 1. The zero-order valence-corrected chi connectivity index (χ0v) is 18.5. The molecule has 156 valence electrons. The zero-order chi connectivity index (χ0) is 20.8. The number of methoxy groups -OCH3 is 1. The molecule has 0 saturated heterocycles. The number of aryl methyl sites for hydroxylation is 2. The van der Waals surface area contributed by atoms with Crippen molar-refractivity contribution in [2.45, 2.75) is 52.4 Å². The Balaban J connectivity index is 1.42. The Bertz CT molecular complexity index is 927. The number of thiophene rings is 1. The Hall–Kier alpha value is -1.85. The third kappa shape index (κ3) is 3.59. The van der Waals surface area contributed by atoms with Gasteiger partial charge in [-0.25, -0.2) is 0 Å². The first kappa shape index (κ1) is 20.4. The van der Waals surface area contributed by atoms with E-state index >= 15 is 0 Å². The van der Waals surface area contributed by atoms with Gasteiger partial charge in [-0.2, -0.15) is 0 Å². The largest absolute Gasteiger partial charge is 0.493 e. The van der Waals surface area contributed by atoms with Gasteiger partial charge < -0.3 is 14.6 Å². The maximum Gasteiger partial charge on any atom is 0.173 e. The van der Waals surface area contributed by atoms with E-state index in [2.05, 4.69) is 20.8 Å². The van der Waals surface area contributed by atoms with Gasteiger partial charge in [-0.3, -0.25) is 4.79 Å². The van der Waals surface area contributed by atoms with Gasteiger partial charge in [0.05, 0.1) is 18.6 Å². The summed E-state index contributed by atoms with van der Waals surface area (Å²) in [5.74, 6) is 3.00. The molecule has 4 nitrogen and oxygen atoms in total. The van der Waals surface area contributed by atoms with Crippen LogP contribution in [0.4, 0.5) is 0 Å². The molecule has 2 aliphatic carbocycles. The van der Waals surface area contributed by atoms with Crippen molar-refractivity contribution in [1.82, 2.24) is 0 Å². The monoisotopic (exact) mass is 414 g/mol. The quantitative estimate of drug-likeness (QED) is 0.467. The highest BCUT2D eigenvalue weighted by atomic mass is 32.1. The SMILES string of the molecule is COc1cc(CCC(=O)c2sc(C)c3c2C[C@@H]2[C@H]3C2(C)C)ccc1OCCCO. The molecule has 0 bridgehead atoms. The molecule has 0 aliphatic heterocycles. The van der Waals surface area contributed by atoms with Gasteiger partial charge in [0.15, 0.2) is 17.3 Å². The molecule has 0 unspecified atom stereocenters. The average Bonchev–Trinajstić information content (AvgIpc) is 3.04. The number of aliphatic hydroxyl groups excluding tert-OH is 1. The smallest absolute Gasteiger partial charge is 0.173 e. The number of fused-ring (bicyclic) bond motifs is 3. The predicted molar refractivity (Wildman–Crippen MR) is 116 cm³/mol. The van der Waals surface area contributed by atoms with Crippen LogP contribution in [-0.2, 0) is 12.8 Å². The number of carbonyl (C=O) groups excluding carboxylic acids is 1. The van der Waals surface area contributed by atoms with Crippen molar-refractivity contribution in [2.75, 3.05) is 20.3 Å². The number of Topliss-reactive ketones (excluding diaryl/α,β-unsaturated/α-hetero) is 1. The number of hydrogen-bond acceptors (Lipinski definition) is 5. The molecule has 29 heavy (non-hydrogen) atoms. The van der Waals surface area contributed by atoms with Crippen molar-refractivity contribution in [1.29, 1.82) is 0 Å². The van der Waals surface area contributed by atoms with Crippen molar-refractivity contribution in [2.24, 2.45) is 11.3 Å². The Kier molecular flexibility index (Phi) is 5.47. The van der Waals surface area contributed by atoms with Crippen LogP contribution in [0, 0.1) is 18.3 Å². The molecule has 1 saturated carbocycles. The lowest BCUT2D eigenvalue weighted by atomic mass is 9.94. The van der Waals surface area contributed by atoms with Gasteiger partial charge >= 0.3 is 0 Å². The molecule has 2 aromatic rings. The molecular formula is C24H30O4S. The summed E-state index contributed by atoms with van der Waals surface area (Å²) >= 11 is 1.70. The molecular weight excluding hydrogens is 384 g/mol. The molecule has 1 aromatic carbocycles. The molecule has 4 rings (SSSR count). The van der Waals surface area contributed by atoms with E-state index in [-0.39, 0.29) is 12.4 Å². The van der Waals surface area contributed by atoms with Crippen molar-refractivity contribution in [3.63, 3.8) is 0 Å². The molecule has 5 heteroatoms. The zero-order valence-electron chi connectivity index (χ0n) is 17.7. The summed E-state index contributed by atoms with van der Waals surface area (Å²) in [6, 6.07) is 5.83. The molecule has 0 spiro atoms. The molecule has 2 aliphatic rings. The minimum Gasteiger partial charge on any atom is -0.493 e. The van der Waals surface area contributed by atoms with Crippen molar-refractivity contribution < 1.29 is 19.4 Å². The second kappa shape index (κ2) is 7.77. The van der Waals surface area contributed by atoms with Crippen molar-refractivity contribution in [3.05, 3.63) is 44.6 Å². The second-order valence-corrected chi connectivity index (χ2v) is 10.0. The highest BCUT2D eigenvalue weighted by Crippen LogP contribution is 2.71. The standard InChI is InChI=1S/C24H30O4S/c1-14-21-16(13-17-22(21)24(17,2)3)23(29-14)18(26)8-6-15-7-9-19(20(12-15)27-4)28-11-5-10-25/h7,9,12,17,22,25H,5-6,8,10-11,13H2,1-4H3/t17-,22-/m1/s1. The van der Waals surface area contributed by atoms with Crippen LogP contribution in [0.25, 0.3) is 0 Å². The summed E-state index contributed by atoms with van der Waals surface area (Å²) in [7, 11) is 1.62. The van der Waals surface area contributed by atoms with Gasteiger partial charge in [-0.1, -0.05) is 19.9 Å². The molecule has 1 heterocycles. The average molecular weight is 415 g/mol. The summed E-state index contributed by atoms with van der Waals surface area (Å²) in [6.07, 6.45) is 2.87. The van der Waals surface area contributed by atoms with Crippen LogP contribution in [0.2, 0.25) is 0 Å². The Labute approximate surface area is 176 Å². The summed E-state index contributed by atoms with van der Waals surface area (Å²) in [4.78, 5) is 15.3. The van der Waals surface area contributed by atoms with E-state index in [1.807, 2.05) is 18.2 Å². The lowest BCUT2D eigenvalue weighted by Crippen LogP contribution is -2.06. The second-order valence-electron chi connectivity index (χ2n) is 8.82. The van der Waals surface area contributed by atoms with Crippen LogP contribution in [-0.4, -0.2) is 31.2 Å². The van der Waals surface area contributed by atoms with Gasteiger partial charge in [-0.05, 0) is 65.8 Å². The van der Waals surface area contributed by atoms with Crippen LogP contribution in [0.5, 0.6) is 11.5 Å². The lowest BCUT2D eigenvalue weighted by molar-refractivity contribution is 0.0985. The number of carbonyl (C=O) groups is 1. The third-order valence-electron chi connectivity index (χ3n) is 6.70. The Morgan fingerprint density at radius 2 is 2.10 bits per heavy atom. The summed E-state index contributed by atoms with van der Waals surface area (Å²) in [6.45, 7) is 7.44. The van der Waals surface area contributed by atoms with Gasteiger partial charge in [0.25, 0.3) is 0 Å². The highest BCUT2D eigenvalue weighted by molar-refractivity contribution is 7.14. The van der Waals surface area contributed by atoms with Crippen LogP contribution < -0.4 is 9.47 Å². The number of ketones is 1. The third-order valence-corrected chi connectivity index (χ3v) is 7.91. The first-order chi connectivity index (χ1) is 13.9. The van der Waals surface area contributed by atoms with Crippen LogP contribution in [0.3, 0.4) is 0 Å². The van der Waals surface area contributed by atoms with Crippen LogP contribution in [0.15, 0.2) is 18.2 Å². The lowest BCUT2D eigenvalue weighted by Gasteiger charge is -2.12. The topological polar surface area (TPSA) is 55.8 Å². The number of ether oxygens (including phenoxy) is 2. The molecule has 1 N–H and O–H groups in total. The minimum absolute atomic E-state index is 0.105. The van der Waals surface area contributed by atoms with Crippen molar-refractivity contribution >= 4 is 17.1 Å². The fourth-order valence-electron chi connectivity index (χ4n) is 4.96. The van der Waals surface area contributed by atoms with E-state index in [0.29, 0.717) is 48.7 Å². The van der Waals surface area contributed by atoms with Gasteiger partial charge in [0.2, 0.25) is 0 Å². The maximum atomic E-state index is 13.0. The number of hydrogen-bond donors (Lipinski definition) is 1.